The van der Waals surface area contributed by atoms with Gasteiger partial charge in [-0.05, 0) is 6.42 Å². The van der Waals surface area contributed by atoms with Gasteiger partial charge in [0.05, 0.1) is 12.1 Å². The maximum absolute atomic E-state index is 11.2. The molecular formula is C9H12N2O2S. The molecule has 1 aromatic heterocycles. The molecule has 1 amide bonds. The summed E-state index contributed by atoms with van der Waals surface area (Å²) in [5.41, 5.74) is 0. The first-order chi connectivity index (χ1) is 6.81. The number of nitrogens with zero attached hydrogens (tertiary/aromatic N) is 2. The van der Waals surface area contributed by atoms with Crippen LogP contribution in [0.2, 0.25) is 0 Å². The standard InChI is InChI=1S/C9H12N2O2S/c1-13-9(12)11-4-2-7(6-11)8-10-3-5-14-8/h3,5,7H,2,4,6H2,1H3. The molecule has 1 atom stereocenters. The van der Waals surface area contributed by atoms with Crippen molar-refractivity contribution >= 4 is 17.4 Å². The lowest BCUT2D eigenvalue weighted by Crippen LogP contribution is -2.28. The first-order valence-electron chi connectivity index (χ1n) is 4.53. The molecule has 1 fully saturated rings. The first kappa shape index (κ1) is 9.45. The van der Waals surface area contributed by atoms with Gasteiger partial charge in [0.2, 0.25) is 0 Å². The van der Waals surface area contributed by atoms with Gasteiger partial charge >= 0.3 is 6.09 Å². The third kappa shape index (κ3) is 1.72. The molecule has 1 unspecified atom stereocenters. The van der Waals surface area contributed by atoms with Gasteiger partial charge in [-0.2, -0.15) is 0 Å². The van der Waals surface area contributed by atoms with Crippen molar-refractivity contribution in [3.63, 3.8) is 0 Å². The average Bonchev–Trinajstić information content (AvgIpc) is 2.86. The van der Waals surface area contributed by atoms with E-state index in [0.717, 1.165) is 24.5 Å². The van der Waals surface area contributed by atoms with Gasteiger partial charge in [0.25, 0.3) is 0 Å². The summed E-state index contributed by atoms with van der Waals surface area (Å²) >= 11 is 1.65. The second-order valence-corrected chi connectivity index (χ2v) is 4.20. The second-order valence-electron chi connectivity index (χ2n) is 3.27. The highest BCUT2D eigenvalue weighted by Gasteiger charge is 2.28. The van der Waals surface area contributed by atoms with Gasteiger partial charge in [-0.25, -0.2) is 9.78 Å². The fourth-order valence-corrected chi connectivity index (χ4v) is 2.46. The lowest BCUT2D eigenvalue weighted by atomic mass is 10.1. The van der Waals surface area contributed by atoms with Gasteiger partial charge in [0, 0.05) is 30.6 Å². The molecule has 0 N–H and O–H groups in total. The summed E-state index contributed by atoms with van der Waals surface area (Å²) in [6.45, 7) is 1.51. The molecule has 0 saturated carbocycles. The van der Waals surface area contributed by atoms with Crippen molar-refractivity contribution in [2.45, 2.75) is 12.3 Å². The maximum Gasteiger partial charge on any atom is 0.409 e. The molecule has 0 radical (unpaired) electrons. The molecule has 0 spiro atoms. The summed E-state index contributed by atoms with van der Waals surface area (Å²) in [4.78, 5) is 17.2. The third-order valence-electron chi connectivity index (χ3n) is 2.42. The highest BCUT2D eigenvalue weighted by molar-refractivity contribution is 7.09. The third-order valence-corrected chi connectivity index (χ3v) is 3.36. The smallest absolute Gasteiger partial charge is 0.409 e. The van der Waals surface area contributed by atoms with Crippen LogP contribution in [0.15, 0.2) is 11.6 Å². The van der Waals surface area contributed by atoms with Crippen molar-refractivity contribution < 1.29 is 9.53 Å². The SMILES string of the molecule is COC(=O)N1CCC(c2nccs2)C1. The summed E-state index contributed by atoms with van der Waals surface area (Å²) in [5, 5.41) is 3.09. The van der Waals surface area contributed by atoms with E-state index in [2.05, 4.69) is 9.72 Å². The van der Waals surface area contributed by atoms with Crippen LogP contribution < -0.4 is 0 Å². The van der Waals surface area contributed by atoms with Gasteiger partial charge in [-0.3, -0.25) is 0 Å². The summed E-state index contributed by atoms with van der Waals surface area (Å²) in [6.07, 6.45) is 2.56. The minimum atomic E-state index is -0.232. The molecule has 4 nitrogen and oxygen atoms in total. The highest BCUT2D eigenvalue weighted by atomic mass is 32.1. The minimum absolute atomic E-state index is 0.232. The number of hydrogen-bond donors (Lipinski definition) is 0. The zero-order valence-electron chi connectivity index (χ0n) is 7.97. The zero-order chi connectivity index (χ0) is 9.97. The van der Waals surface area contributed by atoms with Gasteiger partial charge < -0.3 is 9.64 Å². The van der Waals surface area contributed by atoms with Crippen molar-refractivity contribution in [3.05, 3.63) is 16.6 Å². The molecule has 2 rings (SSSR count). The van der Waals surface area contributed by atoms with E-state index in [1.165, 1.54) is 7.11 Å². The predicted molar refractivity (Wildman–Crippen MR) is 53.5 cm³/mol. The molecule has 0 bridgehead atoms. The first-order valence-corrected chi connectivity index (χ1v) is 5.41. The van der Waals surface area contributed by atoms with Crippen molar-refractivity contribution in [3.8, 4) is 0 Å². The number of carbonyl (C=O) groups is 1. The molecule has 0 aliphatic carbocycles. The van der Waals surface area contributed by atoms with Crippen LogP contribution in [0.3, 0.4) is 0 Å². The predicted octanol–water partition coefficient (Wildman–Crippen LogP) is 1.70. The Morgan fingerprint density at radius 3 is 3.29 bits per heavy atom. The minimum Gasteiger partial charge on any atom is -0.453 e. The van der Waals surface area contributed by atoms with Crippen molar-refractivity contribution in [2.24, 2.45) is 0 Å². The molecule has 1 saturated heterocycles. The monoisotopic (exact) mass is 212 g/mol. The Morgan fingerprint density at radius 1 is 1.79 bits per heavy atom. The van der Waals surface area contributed by atoms with E-state index in [1.54, 1.807) is 22.4 Å². The Labute approximate surface area is 86.5 Å². The molecule has 2 heterocycles. The quantitative estimate of drug-likeness (QED) is 0.711. The fraction of sp³-hybridized carbons (Fsp3) is 0.556. The van der Waals surface area contributed by atoms with Gasteiger partial charge in [0.1, 0.15) is 0 Å². The highest BCUT2D eigenvalue weighted by Crippen LogP contribution is 2.28. The Bertz CT molecular complexity index is 313. The summed E-state index contributed by atoms with van der Waals surface area (Å²) in [6, 6.07) is 0. The molecule has 76 valence electrons. The lowest BCUT2D eigenvalue weighted by molar-refractivity contribution is 0.132. The molecule has 1 aromatic rings. The number of thiazole rings is 1. The Hall–Kier alpha value is -1.10. The van der Waals surface area contributed by atoms with Crippen molar-refractivity contribution in [1.82, 2.24) is 9.88 Å². The number of methoxy groups -OCH3 is 1. The summed E-state index contributed by atoms with van der Waals surface area (Å²) in [7, 11) is 1.42. The number of likely N-dealkylation sites (tertiary alicyclic amines) is 1. The molecule has 1 aliphatic rings. The molecular weight excluding hydrogens is 200 g/mol. The Kier molecular flexibility index (Phi) is 2.67. The van der Waals surface area contributed by atoms with Gasteiger partial charge in [-0.1, -0.05) is 0 Å². The van der Waals surface area contributed by atoms with E-state index in [4.69, 9.17) is 0 Å². The molecule has 1 aliphatic heterocycles. The van der Waals surface area contributed by atoms with Crippen LogP contribution in [0.4, 0.5) is 4.79 Å². The second kappa shape index (κ2) is 3.96. The number of hydrogen-bond acceptors (Lipinski definition) is 4. The molecule has 14 heavy (non-hydrogen) atoms. The number of rotatable bonds is 1. The Balaban J connectivity index is 1.98. The molecule has 5 heteroatoms. The van der Waals surface area contributed by atoms with Crippen LogP contribution in [-0.4, -0.2) is 36.2 Å². The van der Waals surface area contributed by atoms with Gasteiger partial charge in [0.15, 0.2) is 0 Å². The van der Waals surface area contributed by atoms with Crippen LogP contribution in [0.5, 0.6) is 0 Å². The van der Waals surface area contributed by atoms with E-state index >= 15 is 0 Å². The summed E-state index contributed by atoms with van der Waals surface area (Å²) in [5.74, 6) is 0.397. The van der Waals surface area contributed by atoms with E-state index < -0.39 is 0 Å². The van der Waals surface area contributed by atoms with E-state index in [0.29, 0.717) is 5.92 Å². The zero-order valence-corrected chi connectivity index (χ0v) is 8.79. The maximum atomic E-state index is 11.2. The van der Waals surface area contributed by atoms with Crippen molar-refractivity contribution in [2.75, 3.05) is 20.2 Å². The largest absolute Gasteiger partial charge is 0.453 e. The number of ether oxygens (including phenoxy) is 1. The van der Waals surface area contributed by atoms with Crippen LogP contribution >= 0.6 is 11.3 Å². The van der Waals surface area contributed by atoms with Gasteiger partial charge in [-0.15, -0.1) is 11.3 Å². The van der Waals surface area contributed by atoms with E-state index in [1.807, 2.05) is 5.38 Å². The number of aromatic nitrogens is 1. The average molecular weight is 212 g/mol. The number of carbonyl (C=O) groups excluding carboxylic acids is 1. The van der Waals surface area contributed by atoms with Crippen LogP contribution in [0.25, 0.3) is 0 Å². The Morgan fingerprint density at radius 2 is 2.64 bits per heavy atom. The summed E-state index contributed by atoms with van der Waals surface area (Å²) < 4.78 is 4.67. The van der Waals surface area contributed by atoms with E-state index in [9.17, 15) is 4.79 Å². The topological polar surface area (TPSA) is 42.4 Å². The van der Waals surface area contributed by atoms with Crippen LogP contribution in [-0.2, 0) is 4.74 Å². The van der Waals surface area contributed by atoms with Crippen molar-refractivity contribution in [1.29, 1.82) is 0 Å². The number of amides is 1. The molecule has 0 aromatic carbocycles. The normalized spacial score (nSPS) is 21.2. The fourth-order valence-electron chi connectivity index (χ4n) is 1.69. The van der Waals surface area contributed by atoms with E-state index in [-0.39, 0.29) is 6.09 Å². The van der Waals surface area contributed by atoms with Crippen LogP contribution in [0.1, 0.15) is 17.3 Å². The van der Waals surface area contributed by atoms with Crippen LogP contribution in [0, 0.1) is 0 Å². The lowest BCUT2D eigenvalue weighted by Gasteiger charge is -2.13.